The number of rotatable bonds is 4. The van der Waals surface area contributed by atoms with Crippen LogP contribution >= 0.6 is 0 Å². The molecule has 5 aliphatic rings. The highest BCUT2D eigenvalue weighted by Gasteiger charge is 2.68. The fourth-order valence-electron chi connectivity index (χ4n) is 9.67. The third kappa shape index (κ3) is 3.33. The van der Waals surface area contributed by atoms with Gasteiger partial charge in [-0.15, -0.1) is 0 Å². The SMILES string of the molecule is C[C@@]1(O)CC[C@H]2[C@H](CC[C@@H]3[C@@H]2CC[C@]2(C)[C@H]3[C@@H]3C[C@@H]3[C@@H]2CCn2cc(S(C)(=O)=O)cn2)C1. The van der Waals surface area contributed by atoms with Crippen LogP contribution in [-0.2, 0) is 16.4 Å². The van der Waals surface area contributed by atoms with Crippen LogP contribution < -0.4 is 0 Å². The van der Waals surface area contributed by atoms with Gasteiger partial charge in [-0.05, 0) is 117 Å². The molecule has 0 aromatic carbocycles. The molecule has 1 heterocycles. The lowest BCUT2D eigenvalue weighted by molar-refractivity contribution is -0.107. The van der Waals surface area contributed by atoms with Gasteiger partial charge in [0.1, 0.15) is 4.90 Å². The van der Waals surface area contributed by atoms with E-state index in [0.29, 0.717) is 10.3 Å². The Bertz CT molecular complexity index is 1000. The molecule has 0 amide bonds. The molecule has 6 heteroatoms. The molecular formula is C26H40N2O3S. The van der Waals surface area contributed by atoms with Crippen molar-refractivity contribution in [2.45, 2.75) is 88.7 Å². The van der Waals surface area contributed by atoms with Crippen molar-refractivity contribution in [1.29, 1.82) is 0 Å². The molecule has 1 N–H and O–H groups in total. The lowest BCUT2D eigenvalue weighted by Gasteiger charge is -2.58. The van der Waals surface area contributed by atoms with Crippen molar-refractivity contribution in [1.82, 2.24) is 9.78 Å². The Balaban J connectivity index is 1.17. The third-order valence-corrected chi connectivity index (χ3v) is 12.0. The van der Waals surface area contributed by atoms with Gasteiger partial charge in [0.2, 0.25) is 0 Å². The maximum Gasteiger partial charge on any atom is 0.178 e. The van der Waals surface area contributed by atoms with Crippen LogP contribution in [0.4, 0.5) is 0 Å². The zero-order valence-electron chi connectivity index (χ0n) is 19.9. The number of hydrogen-bond acceptors (Lipinski definition) is 4. The number of aryl methyl sites for hydroxylation is 1. The van der Waals surface area contributed by atoms with Crippen molar-refractivity contribution in [3.8, 4) is 0 Å². The first-order chi connectivity index (χ1) is 15.1. The predicted octanol–water partition coefficient (Wildman–Crippen LogP) is 4.55. The molecule has 5 saturated carbocycles. The van der Waals surface area contributed by atoms with E-state index in [1.165, 1.54) is 51.0 Å². The lowest BCUT2D eigenvalue weighted by Crippen LogP contribution is -2.51. The van der Waals surface area contributed by atoms with E-state index in [1.54, 1.807) is 6.20 Å². The Morgan fingerprint density at radius 2 is 1.84 bits per heavy atom. The monoisotopic (exact) mass is 460 g/mol. The number of hydrogen-bond donors (Lipinski definition) is 1. The van der Waals surface area contributed by atoms with Crippen molar-refractivity contribution in [2.24, 2.45) is 52.8 Å². The molecule has 0 saturated heterocycles. The quantitative estimate of drug-likeness (QED) is 0.715. The van der Waals surface area contributed by atoms with Crippen LogP contribution in [0.25, 0.3) is 0 Å². The van der Waals surface area contributed by atoms with Gasteiger partial charge in [0.05, 0.1) is 11.8 Å². The van der Waals surface area contributed by atoms with Gasteiger partial charge >= 0.3 is 0 Å². The van der Waals surface area contributed by atoms with E-state index in [-0.39, 0.29) is 0 Å². The van der Waals surface area contributed by atoms with Gasteiger partial charge in [-0.3, -0.25) is 4.68 Å². The Hall–Kier alpha value is -0.880. The fourth-order valence-corrected chi connectivity index (χ4v) is 10.2. The normalized spacial score (nSPS) is 49.6. The molecule has 1 aromatic heterocycles. The van der Waals surface area contributed by atoms with Gasteiger partial charge in [-0.1, -0.05) is 6.92 Å². The minimum Gasteiger partial charge on any atom is -0.390 e. The fraction of sp³-hybridized carbons (Fsp3) is 0.885. The number of fused-ring (bicyclic) bond motifs is 7. The van der Waals surface area contributed by atoms with Crippen LogP contribution in [0, 0.1) is 52.8 Å². The summed E-state index contributed by atoms with van der Waals surface area (Å²) in [7, 11) is -3.18. The van der Waals surface area contributed by atoms with Crippen LogP contribution in [0.2, 0.25) is 0 Å². The second kappa shape index (κ2) is 7.07. The number of aliphatic hydroxyl groups is 1. The maximum absolute atomic E-state index is 11.8. The molecule has 6 rings (SSSR count). The molecule has 5 aliphatic carbocycles. The Morgan fingerprint density at radius 1 is 1.06 bits per heavy atom. The largest absolute Gasteiger partial charge is 0.390 e. The number of nitrogens with zero attached hydrogens (tertiary/aromatic N) is 2. The second-order valence-electron chi connectivity index (χ2n) is 12.8. The summed E-state index contributed by atoms with van der Waals surface area (Å²) in [5.74, 6) is 6.88. The summed E-state index contributed by atoms with van der Waals surface area (Å²) in [5, 5.41) is 15.0. The van der Waals surface area contributed by atoms with Crippen molar-refractivity contribution >= 4 is 9.84 Å². The molecular weight excluding hydrogens is 420 g/mol. The Kier molecular flexibility index (Phi) is 4.78. The van der Waals surface area contributed by atoms with Gasteiger partial charge < -0.3 is 5.11 Å². The highest BCUT2D eigenvalue weighted by atomic mass is 32.2. The molecule has 5 fully saturated rings. The highest BCUT2D eigenvalue weighted by molar-refractivity contribution is 7.90. The molecule has 0 radical (unpaired) electrons. The summed E-state index contributed by atoms with van der Waals surface area (Å²) in [6.07, 6.45) is 15.7. The third-order valence-electron chi connectivity index (χ3n) is 11.0. The average molecular weight is 461 g/mol. The molecule has 5 nitrogen and oxygen atoms in total. The van der Waals surface area contributed by atoms with E-state index in [4.69, 9.17) is 0 Å². The standard InChI is InChI=1S/C26H40N2O3S/c1-25(29)9-6-18-16(13-25)4-5-20-19(18)7-10-26(2)23(21-12-22(21)24(20)26)8-11-28-15-17(14-27-28)32(3,30)31/h14-16,18-24,29H,4-13H2,1-3H3/t16-,18+,19-,20-,21+,22-,23+,24-,25-,26+/m1/s1. The minimum absolute atomic E-state index is 0.334. The molecule has 32 heavy (non-hydrogen) atoms. The van der Waals surface area contributed by atoms with Crippen LogP contribution in [0.15, 0.2) is 17.3 Å². The first-order valence-electron chi connectivity index (χ1n) is 13.0. The lowest BCUT2D eigenvalue weighted by atomic mass is 9.48. The molecule has 0 aliphatic heterocycles. The Labute approximate surface area is 193 Å². The molecule has 1 aromatic rings. The molecule has 10 atom stereocenters. The van der Waals surface area contributed by atoms with E-state index < -0.39 is 15.4 Å². The molecule has 178 valence electrons. The van der Waals surface area contributed by atoms with Gasteiger partial charge in [-0.2, -0.15) is 5.10 Å². The first-order valence-corrected chi connectivity index (χ1v) is 14.9. The summed E-state index contributed by atoms with van der Waals surface area (Å²) < 4.78 is 25.5. The van der Waals surface area contributed by atoms with E-state index in [1.807, 2.05) is 4.68 Å². The summed E-state index contributed by atoms with van der Waals surface area (Å²) in [4.78, 5) is 0.334. The van der Waals surface area contributed by atoms with E-state index in [0.717, 1.165) is 73.2 Å². The van der Waals surface area contributed by atoms with Crippen molar-refractivity contribution in [2.75, 3.05) is 6.26 Å². The average Bonchev–Trinajstić information content (AvgIpc) is 3.21. The number of sulfone groups is 1. The van der Waals surface area contributed by atoms with Crippen molar-refractivity contribution in [3.63, 3.8) is 0 Å². The van der Waals surface area contributed by atoms with E-state index in [2.05, 4.69) is 18.9 Å². The zero-order valence-corrected chi connectivity index (χ0v) is 20.7. The van der Waals surface area contributed by atoms with E-state index in [9.17, 15) is 13.5 Å². The maximum atomic E-state index is 11.8. The summed E-state index contributed by atoms with van der Waals surface area (Å²) in [6.45, 7) is 5.50. The van der Waals surface area contributed by atoms with Gasteiger partial charge in [0.15, 0.2) is 9.84 Å². The van der Waals surface area contributed by atoms with Gasteiger partial charge in [0.25, 0.3) is 0 Å². The van der Waals surface area contributed by atoms with Crippen LogP contribution in [0.3, 0.4) is 0 Å². The van der Waals surface area contributed by atoms with Crippen LogP contribution in [0.5, 0.6) is 0 Å². The molecule has 0 bridgehead atoms. The van der Waals surface area contributed by atoms with Crippen LogP contribution in [-0.4, -0.2) is 35.2 Å². The topological polar surface area (TPSA) is 72.2 Å². The summed E-state index contributed by atoms with van der Waals surface area (Å²) >= 11 is 0. The van der Waals surface area contributed by atoms with Gasteiger partial charge in [-0.25, -0.2) is 8.42 Å². The summed E-state index contributed by atoms with van der Waals surface area (Å²) in [6, 6.07) is 0. The van der Waals surface area contributed by atoms with Crippen molar-refractivity contribution < 1.29 is 13.5 Å². The zero-order chi connectivity index (χ0) is 22.5. The first kappa shape index (κ1) is 21.6. The van der Waals surface area contributed by atoms with E-state index >= 15 is 0 Å². The second-order valence-corrected chi connectivity index (χ2v) is 14.8. The number of aromatic nitrogens is 2. The van der Waals surface area contributed by atoms with Crippen LogP contribution in [0.1, 0.15) is 71.6 Å². The smallest absolute Gasteiger partial charge is 0.178 e. The molecule has 0 spiro atoms. The minimum atomic E-state index is -3.18. The molecule has 0 unspecified atom stereocenters. The summed E-state index contributed by atoms with van der Waals surface area (Å²) in [5.41, 5.74) is 0.0231. The van der Waals surface area contributed by atoms with Gasteiger partial charge in [0, 0.05) is 19.0 Å². The Morgan fingerprint density at radius 3 is 2.59 bits per heavy atom. The highest BCUT2D eigenvalue weighted by Crippen LogP contribution is 2.75. The predicted molar refractivity (Wildman–Crippen MR) is 124 cm³/mol. The van der Waals surface area contributed by atoms with Crippen molar-refractivity contribution in [3.05, 3.63) is 12.4 Å².